The van der Waals surface area contributed by atoms with Crippen molar-refractivity contribution in [3.63, 3.8) is 0 Å². The molecule has 0 aliphatic carbocycles. The van der Waals surface area contributed by atoms with Crippen LogP contribution in [0.25, 0.3) is 0 Å². The van der Waals surface area contributed by atoms with Crippen LogP contribution in [0.2, 0.25) is 0 Å². The molecule has 2 amide bonds. The Balaban J connectivity index is 2.00. The Labute approximate surface area is 238 Å². The van der Waals surface area contributed by atoms with Gasteiger partial charge in [-0.15, -0.1) is 0 Å². The Morgan fingerprint density at radius 1 is 0.875 bits per heavy atom. The molecular formula is C31H39N3O5S. The minimum atomic E-state index is -4.15. The number of para-hydroxylation sites is 2. The van der Waals surface area contributed by atoms with Crippen molar-refractivity contribution in [2.75, 3.05) is 30.5 Å². The minimum Gasteiger partial charge on any atom is -0.492 e. The first-order valence-corrected chi connectivity index (χ1v) is 15.0. The highest BCUT2D eigenvalue weighted by atomic mass is 32.2. The number of benzene rings is 3. The number of amides is 2. The van der Waals surface area contributed by atoms with Crippen molar-refractivity contribution in [1.29, 1.82) is 0 Å². The van der Waals surface area contributed by atoms with E-state index >= 15 is 0 Å². The van der Waals surface area contributed by atoms with Crippen LogP contribution in [0.5, 0.6) is 5.75 Å². The van der Waals surface area contributed by atoms with E-state index in [9.17, 15) is 18.0 Å². The van der Waals surface area contributed by atoms with Gasteiger partial charge in [-0.1, -0.05) is 74.5 Å². The second-order valence-electron chi connectivity index (χ2n) is 9.86. The smallest absolute Gasteiger partial charge is 0.264 e. The van der Waals surface area contributed by atoms with Gasteiger partial charge in [0.15, 0.2) is 0 Å². The first-order valence-electron chi connectivity index (χ1n) is 13.6. The zero-order valence-electron chi connectivity index (χ0n) is 23.6. The minimum absolute atomic E-state index is 0.0488. The van der Waals surface area contributed by atoms with Gasteiger partial charge in [0, 0.05) is 13.1 Å². The zero-order chi connectivity index (χ0) is 29.1. The van der Waals surface area contributed by atoms with Crippen LogP contribution < -0.4 is 14.4 Å². The molecule has 1 N–H and O–H groups in total. The molecule has 0 bridgehead atoms. The third-order valence-electron chi connectivity index (χ3n) is 6.38. The lowest BCUT2D eigenvalue weighted by Crippen LogP contribution is -2.52. The second-order valence-corrected chi connectivity index (χ2v) is 11.7. The monoisotopic (exact) mass is 565 g/mol. The Hall–Kier alpha value is -3.85. The Morgan fingerprint density at radius 3 is 2.10 bits per heavy atom. The normalized spacial score (nSPS) is 12.0. The van der Waals surface area contributed by atoms with E-state index in [4.69, 9.17) is 4.74 Å². The van der Waals surface area contributed by atoms with Crippen molar-refractivity contribution in [3.8, 4) is 5.75 Å². The van der Waals surface area contributed by atoms with Crippen LogP contribution in [0, 0.1) is 5.92 Å². The van der Waals surface area contributed by atoms with Crippen LogP contribution in [-0.4, -0.2) is 57.4 Å². The molecule has 0 fully saturated rings. The fraction of sp³-hybridized carbons (Fsp3) is 0.355. The molecule has 0 spiro atoms. The number of sulfonamides is 1. The first-order chi connectivity index (χ1) is 19.1. The standard InChI is InChI=1S/C31H39N3O5S/c1-5-39-29-19-13-12-18-28(29)34(40(37,38)27-16-10-7-11-17-27)23-30(35)33(21-20-26-14-8-6-9-15-26)25(4)31(36)32-22-24(2)3/h6-19,24-25H,5,20-23H2,1-4H3,(H,32,36). The van der Waals surface area contributed by atoms with E-state index in [1.54, 1.807) is 56.3 Å². The van der Waals surface area contributed by atoms with Gasteiger partial charge >= 0.3 is 0 Å². The second kappa shape index (κ2) is 14.5. The maximum atomic E-state index is 14.0. The highest BCUT2D eigenvalue weighted by Gasteiger charge is 2.33. The van der Waals surface area contributed by atoms with Crippen molar-refractivity contribution >= 4 is 27.5 Å². The maximum Gasteiger partial charge on any atom is 0.264 e. The van der Waals surface area contributed by atoms with E-state index in [2.05, 4.69) is 5.32 Å². The van der Waals surface area contributed by atoms with Gasteiger partial charge in [-0.05, 0) is 56.0 Å². The van der Waals surface area contributed by atoms with Crippen molar-refractivity contribution in [3.05, 3.63) is 90.5 Å². The number of hydrogen-bond acceptors (Lipinski definition) is 5. The number of nitrogens with zero attached hydrogens (tertiary/aromatic N) is 2. The number of ether oxygens (including phenoxy) is 1. The summed E-state index contributed by atoms with van der Waals surface area (Å²) in [6.45, 7) is 7.99. The largest absolute Gasteiger partial charge is 0.492 e. The summed E-state index contributed by atoms with van der Waals surface area (Å²) >= 11 is 0. The van der Waals surface area contributed by atoms with Crippen molar-refractivity contribution in [2.45, 2.75) is 45.1 Å². The molecule has 3 rings (SSSR count). The van der Waals surface area contributed by atoms with Crippen LogP contribution in [0.1, 0.15) is 33.3 Å². The molecule has 1 atom stereocenters. The number of nitrogens with one attached hydrogen (secondary N) is 1. The number of hydrogen-bond donors (Lipinski definition) is 1. The van der Waals surface area contributed by atoms with Gasteiger partial charge in [0.2, 0.25) is 11.8 Å². The molecular weight excluding hydrogens is 526 g/mol. The number of carbonyl (C=O) groups excluding carboxylic acids is 2. The number of anilines is 1. The fourth-order valence-electron chi connectivity index (χ4n) is 4.20. The van der Waals surface area contributed by atoms with E-state index in [0.717, 1.165) is 9.87 Å². The molecule has 3 aromatic carbocycles. The van der Waals surface area contributed by atoms with Crippen LogP contribution in [-0.2, 0) is 26.0 Å². The van der Waals surface area contributed by atoms with Gasteiger partial charge in [-0.2, -0.15) is 0 Å². The van der Waals surface area contributed by atoms with E-state index in [-0.39, 0.29) is 29.0 Å². The third-order valence-corrected chi connectivity index (χ3v) is 8.15. The average molecular weight is 566 g/mol. The molecule has 3 aromatic rings. The van der Waals surface area contributed by atoms with Crippen LogP contribution in [0.15, 0.2) is 89.8 Å². The predicted molar refractivity (Wildman–Crippen MR) is 158 cm³/mol. The van der Waals surface area contributed by atoms with E-state index < -0.39 is 28.5 Å². The summed E-state index contributed by atoms with van der Waals surface area (Å²) in [4.78, 5) is 28.5. The van der Waals surface area contributed by atoms with Crippen molar-refractivity contribution in [1.82, 2.24) is 10.2 Å². The van der Waals surface area contributed by atoms with Gasteiger partial charge in [-0.25, -0.2) is 8.42 Å². The molecule has 1 unspecified atom stereocenters. The SMILES string of the molecule is CCOc1ccccc1N(CC(=O)N(CCc1ccccc1)C(C)C(=O)NCC(C)C)S(=O)(=O)c1ccccc1. The molecule has 8 nitrogen and oxygen atoms in total. The Morgan fingerprint density at radius 2 is 1.48 bits per heavy atom. The molecule has 0 aromatic heterocycles. The molecule has 0 aliphatic rings. The summed E-state index contributed by atoms with van der Waals surface area (Å²) in [7, 11) is -4.15. The summed E-state index contributed by atoms with van der Waals surface area (Å²) in [5.74, 6) is -0.196. The van der Waals surface area contributed by atoms with E-state index in [1.807, 2.05) is 44.2 Å². The molecule has 0 saturated heterocycles. The number of carbonyl (C=O) groups is 2. The average Bonchev–Trinajstić information content (AvgIpc) is 2.96. The van der Waals surface area contributed by atoms with Crippen molar-refractivity contribution < 1.29 is 22.7 Å². The van der Waals surface area contributed by atoms with Gasteiger partial charge in [0.25, 0.3) is 10.0 Å². The first kappa shape index (κ1) is 30.7. The highest BCUT2D eigenvalue weighted by molar-refractivity contribution is 7.92. The molecule has 9 heteroatoms. The lowest BCUT2D eigenvalue weighted by Gasteiger charge is -2.32. The third kappa shape index (κ3) is 8.08. The maximum absolute atomic E-state index is 14.0. The van der Waals surface area contributed by atoms with Gasteiger partial charge in [-0.3, -0.25) is 13.9 Å². The van der Waals surface area contributed by atoms with Crippen LogP contribution >= 0.6 is 0 Å². The summed E-state index contributed by atoms with van der Waals surface area (Å²) in [6.07, 6.45) is 0.509. The molecule has 214 valence electrons. The summed E-state index contributed by atoms with van der Waals surface area (Å²) in [5.41, 5.74) is 1.26. The molecule has 0 heterocycles. The highest BCUT2D eigenvalue weighted by Crippen LogP contribution is 2.32. The predicted octanol–water partition coefficient (Wildman–Crippen LogP) is 4.51. The Bertz CT molecular complexity index is 1350. The molecule has 40 heavy (non-hydrogen) atoms. The summed E-state index contributed by atoms with van der Waals surface area (Å²) in [5, 5.41) is 2.90. The van der Waals surface area contributed by atoms with Crippen molar-refractivity contribution in [2.24, 2.45) is 5.92 Å². The van der Waals surface area contributed by atoms with E-state index in [1.165, 1.54) is 17.0 Å². The van der Waals surface area contributed by atoms with Gasteiger partial charge in [0.05, 0.1) is 17.2 Å². The quantitative estimate of drug-likeness (QED) is 0.310. The van der Waals surface area contributed by atoms with Crippen LogP contribution in [0.3, 0.4) is 0 Å². The zero-order valence-corrected chi connectivity index (χ0v) is 24.4. The lowest BCUT2D eigenvalue weighted by atomic mass is 10.1. The summed E-state index contributed by atoms with van der Waals surface area (Å²) in [6, 6.07) is 23.6. The van der Waals surface area contributed by atoms with Crippen LogP contribution in [0.4, 0.5) is 5.69 Å². The molecule has 0 radical (unpaired) electrons. The summed E-state index contributed by atoms with van der Waals surface area (Å²) < 4.78 is 34.7. The molecule has 0 aliphatic heterocycles. The van der Waals surface area contributed by atoms with Gasteiger partial charge < -0.3 is 15.0 Å². The Kier molecular flexibility index (Phi) is 11.1. The van der Waals surface area contributed by atoms with E-state index in [0.29, 0.717) is 25.3 Å². The fourth-order valence-corrected chi connectivity index (χ4v) is 5.64. The van der Waals surface area contributed by atoms with Gasteiger partial charge in [0.1, 0.15) is 18.3 Å². The lowest BCUT2D eigenvalue weighted by molar-refractivity contribution is -0.138. The molecule has 0 saturated carbocycles. The topological polar surface area (TPSA) is 96.0 Å². The number of rotatable bonds is 14.